The molecule has 2 rings (SSSR count). The van der Waals surface area contributed by atoms with Gasteiger partial charge in [-0.2, -0.15) is 0 Å². The van der Waals surface area contributed by atoms with Gasteiger partial charge < -0.3 is 4.90 Å². The third-order valence-electron chi connectivity index (χ3n) is 2.80. The molecule has 1 saturated heterocycles. The Morgan fingerprint density at radius 2 is 2.47 bits per heavy atom. The highest BCUT2D eigenvalue weighted by Gasteiger charge is 2.21. The van der Waals surface area contributed by atoms with Gasteiger partial charge in [0.05, 0.1) is 6.67 Å². The fourth-order valence-electron chi connectivity index (χ4n) is 1.96. The van der Waals surface area contributed by atoms with E-state index in [1.54, 1.807) is 6.20 Å². The second kappa shape index (κ2) is 4.55. The van der Waals surface area contributed by atoms with Crippen LogP contribution in [-0.4, -0.2) is 29.7 Å². The zero-order valence-corrected chi connectivity index (χ0v) is 8.99. The summed E-state index contributed by atoms with van der Waals surface area (Å²) >= 11 is 0. The van der Waals surface area contributed by atoms with Crippen molar-refractivity contribution in [2.24, 2.45) is 5.92 Å². The predicted octanol–water partition coefficient (Wildman–Crippen LogP) is 1.97. The number of nitrogens with zero attached hydrogens (tertiary/aromatic N) is 3. The Morgan fingerprint density at radius 3 is 3.20 bits per heavy atom. The van der Waals surface area contributed by atoms with Crippen LogP contribution in [-0.2, 0) is 0 Å². The van der Waals surface area contributed by atoms with E-state index in [9.17, 15) is 4.39 Å². The maximum Gasteiger partial charge on any atom is 0.225 e. The molecule has 0 N–H and O–H groups in total. The van der Waals surface area contributed by atoms with Crippen molar-refractivity contribution in [1.29, 1.82) is 0 Å². The Hall–Kier alpha value is -1.19. The molecular weight excluding hydrogens is 193 g/mol. The summed E-state index contributed by atoms with van der Waals surface area (Å²) in [4.78, 5) is 10.7. The van der Waals surface area contributed by atoms with Gasteiger partial charge in [0.15, 0.2) is 0 Å². The average molecular weight is 209 g/mol. The van der Waals surface area contributed by atoms with Crippen molar-refractivity contribution in [2.45, 2.75) is 19.8 Å². The minimum atomic E-state index is -0.234. The summed E-state index contributed by atoms with van der Waals surface area (Å²) in [5.74, 6) is 0.899. The first-order valence-electron chi connectivity index (χ1n) is 5.40. The monoisotopic (exact) mass is 209 g/mol. The van der Waals surface area contributed by atoms with Crippen molar-refractivity contribution in [2.75, 3.05) is 24.7 Å². The minimum Gasteiger partial charge on any atom is -0.340 e. The van der Waals surface area contributed by atoms with E-state index in [0.29, 0.717) is 0 Å². The van der Waals surface area contributed by atoms with Crippen LogP contribution in [0.25, 0.3) is 0 Å². The van der Waals surface area contributed by atoms with Gasteiger partial charge in [-0.05, 0) is 25.8 Å². The first-order chi connectivity index (χ1) is 7.29. The smallest absolute Gasteiger partial charge is 0.225 e. The molecule has 1 fully saturated rings. The summed E-state index contributed by atoms with van der Waals surface area (Å²) in [7, 11) is 0. The first kappa shape index (κ1) is 10.3. The topological polar surface area (TPSA) is 29.0 Å². The number of piperidine rings is 1. The molecule has 0 bridgehead atoms. The zero-order chi connectivity index (χ0) is 10.7. The Kier molecular flexibility index (Phi) is 3.14. The van der Waals surface area contributed by atoms with Crippen LogP contribution >= 0.6 is 0 Å². The fraction of sp³-hybridized carbons (Fsp3) is 0.636. The third kappa shape index (κ3) is 2.43. The van der Waals surface area contributed by atoms with Gasteiger partial charge in [0.1, 0.15) is 0 Å². The molecule has 0 saturated carbocycles. The van der Waals surface area contributed by atoms with Gasteiger partial charge in [-0.3, -0.25) is 4.39 Å². The van der Waals surface area contributed by atoms with Crippen LogP contribution in [0, 0.1) is 12.8 Å². The molecule has 4 heteroatoms. The van der Waals surface area contributed by atoms with Crippen molar-refractivity contribution < 1.29 is 4.39 Å². The summed E-state index contributed by atoms with van der Waals surface area (Å²) in [6.45, 7) is 3.41. The lowest BCUT2D eigenvalue weighted by atomic mass is 10.00. The van der Waals surface area contributed by atoms with Crippen LogP contribution in [0.15, 0.2) is 12.3 Å². The van der Waals surface area contributed by atoms with E-state index in [0.717, 1.165) is 37.6 Å². The van der Waals surface area contributed by atoms with E-state index in [4.69, 9.17) is 0 Å². The standard InChI is InChI=1S/C11H16FN3/c1-9-4-5-13-11(14-9)15-6-2-3-10(7-12)8-15/h4-5,10H,2-3,6-8H2,1H3. The fourth-order valence-corrected chi connectivity index (χ4v) is 1.96. The first-order valence-corrected chi connectivity index (χ1v) is 5.40. The second-order valence-electron chi connectivity index (χ2n) is 4.11. The van der Waals surface area contributed by atoms with Crippen molar-refractivity contribution in [3.63, 3.8) is 0 Å². The largest absolute Gasteiger partial charge is 0.340 e. The molecule has 1 atom stereocenters. The van der Waals surface area contributed by atoms with E-state index < -0.39 is 0 Å². The summed E-state index contributed by atoms with van der Waals surface area (Å²) in [5.41, 5.74) is 0.961. The number of aryl methyl sites for hydroxylation is 1. The summed E-state index contributed by atoms with van der Waals surface area (Å²) in [6, 6.07) is 1.88. The lowest BCUT2D eigenvalue weighted by molar-refractivity contribution is 0.314. The summed E-state index contributed by atoms with van der Waals surface area (Å²) in [6.07, 6.45) is 3.78. The number of hydrogen-bond donors (Lipinski definition) is 0. The van der Waals surface area contributed by atoms with Gasteiger partial charge in [-0.25, -0.2) is 9.97 Å². The minimum absolute atomic E-state index is 0.155. The van der Waals surface area contributed by atoms with Crippen molar-refractivity contribution in [3.05, 3.63) is 18.0 Å². The Bertz CT molecular complexity index is 329. The lowest BCUT2D eigenvalue weighted by Crippen LogP contribution is -2.37. The lowest BCUT2D eigenvalue weighted by Gasteiger charge is -2.31. The molecular formula is C11H16FN3. The molecule has 1 aromatic heterocycles. The number of halogens is 1. The molecule has 0 spiro atoms. The highest BCUT2D eigenvalue weighted by atomic mass is 19.1. The van der Waals surface area contributed by atoms with E-state index in [1.165, 1.54) is 0 Å². The van der Waals surface area contributed by atoms with Crippen LogP contribution in [0.5, 0.6) is 0 Å². The van der Waals surface area contributed by atoms with E-state index in [-0.39, 0.29) is 12.6 Å². The quantitative estimate of drug-likeness (QED) is 0.745. The summed E-state index contributed by atoms with van der Waals surface area (Å²) < 4.78 is 12.6. The molecule has 1 unspecified atom stereocenters. The molecule has 1 aliphatic rings. The maximum absolute atomic E-state index is 12.6. The Morgan fingerprint density at radius 1 is 1.60 bits per heavy atom. The van der Waals surface area contributed by atoms with Crippen molar-refractivity contribution in [3.8, 4) is 0 Å². The molecule has 82 valence electrons. The molecule has 2 heterocycles. The highest BCUT2D eigenvalue weighted by Crippen LogP contribution is 2.20. The molecule has 1 aliphatic heterocycles. The van der Waals surface area contributed by atoms with Gasteiger partial charge in [-0.1, -0.05) is 0 Å². The summed E-state index contributed by atoms with van der Waals surface area (Å²) in [5, 5.41) is 0. The third-order valence-corrected chi connectivity index (χ3v) is 2.80. The van der Waals surface area contributed by atoms with Gasteiger partial charge in [0.25, 0.3) is 0 Å². The molecule has 0 radical (unpaired) electrons. The highest BCUT2D eigenvalue weighted by molar-refractivity contribution is 5.30. The number of aromatic nitrogens is 2. The number of hydrogen-bond acceptors (Lipinski definition) is 3. The Labute approximate surface area is 89.3 Å². The van der Waals surface area contributed by atoms with Crippen LogP contribution in [0.4, 0.5) is 10.3 Å². The molecule has 3 nitrogen and oxygen atoms in total. The second-order valence-corrected chi connectivity index (χ2v) is 4.11. The van der Waals surface area contributed by atoms with Crippen LogP contribution in [0.1, 0.15) is 18.5 Å². The van der Waals surface area contributed by atoms with Crippen LogP contribution in [0.3, 0.4) is 0 Å². The molecule has 0 amide bonds. The van der Waals surface area contributed by atoms with Gasteiger partial charge in [0, 0.05) is 30.9 Å². The molecule has 0 aliphatic carbocycles. The van der Waals surface area contributed by atoms with Gasteiger partial charge in [-0.15, -0.1) is 0 Å². The van der Waals surface area contributed by atoms with Crippen LogP contribution in [0.2, 0.25) is 0 Å². The SMILES string of the molecule is Cc1ccnc(N2CCCC(CF)C2)n1. The van der Waals surface area contributed by atoms with Crippen LogP contribution < -0.4 is 4.90 Å². The normalized spacial score (nSPS) is 21.7. The van der Waals surface area contributed by atoms with Crippen molar-refractivity contribution in [1.82, 2.24) is 9.97 Å². The number of alkyl halides is 1. The maximum atomic E-state index is 12.6. The van der Waals surface area contributed by atoms with Crippen molar-refractivity contribution >= 4 is 5.95 Å². The van der Waals surface area contributed by atoms with Gasteiger partial charge in [0.2, 0.25) is 5.95 Å². The number of rotatable bonds is 2. The van der Waals surface area contributed by atoms with E-state index in [2.05, 4.69) is 14.9 Å². The Balaban J connectivity index is 2.09. The zero-order valence-electron chi connectivity index (χ0n) is 8.99. The molecule has 15 heavy (non-hydrogen) atoms. The number of anilines is 1. The average Bonchev–Trinajstić information content (AvgIpc) is 2.29. The molecule has 1 aromatic rings. The van der Waals surface area contributed by atoms with E-state index in [1.807, 2.05) is 13.0 Å². The van der Waals surface area contributed by atoms with Gasteiger partial charge >= 0.3 is 0 Å². The predicted molar refractivity (Wildman–Crippen MR) is 57.7 cm³/mol. The molecule has 0 aromatic carbocycles. The van der Waals surface area contributed by atoms with E-state index >= 15 is 0 Å².